The molecule has 0 amide bonds. The van der Waals surface area contributed by atoms with Gasteiger partial charge >= 0.3 is 11.9 Å². The molecule has 2 heterocycles. The number of carboxylic acid groups (broad SMARTS) is 1. The van der Waals surface area contributed by atoms with E-state index in [0.717, 1.165) is 32.1 Å². The van der Waals surface area contributed by atoms with Crippen LogP contribution >= 0.6 is 0 Å². The molecule has 0 saturated carbocycles. The molecule has 6 heteroatoms. The number of aliphatic carboxylic acids is 1. The molecule has 0 aromatic heterocycles. The van der Waals surface area contributed by atoms with E-state index >= 15 is 0 Å². The molecule has 0 aliphatic carbocycles. The number of epoxide rings is 2. The van der Waals surface area contributed by atoms with E-state index in [-0.39, 0.29) is 12.4 Å². The van der Waals surface area contributed by atoms with Crippen molar-refractivity contribution >= 4 is 11.9 Å². The Labute approximate surface area is 194 Å². The van der Waals surface area contributed by atoms with Gasteiger partial charge in [-0.05, 0) is 57.8 Å². The molecule has 2 aliphatic rings. The van der Waals surface area contributed by atoms with E-state index < -0.39 is 11.4 Å². The number of carbonyl (C=O) groups excluding carboxylic acids is 1. The van der Waals surface area contributed by atoms with Gasteiger partial charge in [0.15, 0.2) is 0 Å². The molecule has 32 heavy (non-hydrogen) atoms. The highest BCUT2D eigenvalue weighted by molar-refractivity contribution is 5.82. The predicted octanol–water partition coefficient (Wildman–Crippen LogP) is 6.05. The summed E-state index contributed by atoms with van der Waals surface area (Å²) in [6.07, 6.45) is 16.7. The SMILES string of the molecule is CCCCCCCC1OC1CCCC1OC1CCCCOC(=O)C(CC)(CC)CC(=O)O. The molecule has 0 aromatic carbocycles. The van der Waals surface area contributed by atoms with Gasteiger partial charge in [0.25, 0.3) is 0 Å². The van der Waals surface area contributed by atoms with Gasteiger partial charge in [-0.1, -0.05) is 52.9 Å². The van der Waals surface area contributed by atoms with Crippen molar-refractivity contribution in [2.75, 3.05) is 6.61 Å². The summed E-state index contributed by atoms with van der Waals surface area (Å²) in [5.74, 6) is -1.32. The van der Waals surface area contributed by atoms with Crippen LogP contribution < -0.4 is 0 Å². The minimum Gasteiger partial charge on any atom is -0.481 e. The van der Waals surface area contributed by atoms with Gasteiger partial charge in [0.1, 0.15) is 0 Å². The van der Waals surface area contributed by atoms with E-state index in [1.807, 2.05) is 13.8 Å². The molecular weight excluding hydrogens is 408 g/mol. The Hall–Kier alpha value is -1.14. The van der Waals surface area contributed by atoms with Crippen LogP contribution in [0.5, 0.6) is 0 Å². The first-order valence-electron chi connectivity index (χ1n) is 13.2. The molecule has 2 fully saturated rings. The molecule has 2 aliphatic heterocycles. The number of unbranched alkanes of at least 4 members (excludes halogenated alkanes) is 5. The van der Waals surface area contributed by atoms with Crippen molar-refractivity contribution in [1.82, 2.24) is 0 Å². The molecule has 4 atom stereocenters. The topological polar surface area (TPSA) is 88.7 Å². The van der Waals surface area contributed by atoms with E-state index in [2.05, 4.69) is 6.92 Å². The number of esters is 1. The zero-order valence-corrected chi connectivity index (χ0v) is 20.6. The molecule has 1 N–H and O–H groups in total. The zero-order chi connectivity index (χ0) is 23.4. The Kier molecular flexibility index (Phi) is 12.0. The van der Waals surface area contributed by atoms with Crippen LogP contribution in [-0.2, 0) is 23.8 Å². The number of ether oxygens (including phenoxy) is 3. The maximum Gasteiger partial charge on any atom is 0.312 e. The minimum absolute atomic E-state index is 0.165. The third-order valence-corrected chi connectivity index (χ3v) is 7.34. The Morgan fingerprint density at radius 2 is 1.25 bits per heavy atom. The van der Waals surface area contributed by atoms with Gasteiger partial charge in [-0.3, -0.25) is 9.59 Å². The largest absolute Gasteiger partial charge is 0.481 e. The van der Waals surface area contributed by atoms with E-state index in [1.165, 1.54) is 44.9 Å². The summed E-state index contributed by atoms with van der Waals surface area (Å²) in [4.78, 5) is 23.5. The van der Waals surface area contributed by atoms with Crippen LogP contribution in [0.1, 0.15) is 117 Å². The smallest absolute Gasteiger partial charge is 0.312 e. The van der Waals surface area contributed by atoms with Gasteiger partial charge < -0.3 is 19.3 Å². The standard InChI is InChI=1S/C26H46O6/c1-4-7-8-9-10-14-20-22(31-20)16-13-17-23-21(32-23)15-11-12-18-30-25(29)26(5-2,6-3)19-24(27)28/h20-23H,4-19H2,1-3H3,(H,27,28). The molecule has 0 spiro atoms. The Morgan fingerprint density at radius 1 is 0.750 bits per heavy atom. The van der Waals surface area contributed by atoms with Gasteiger partial charge in [0, 0.05) is 0 Å². The summed E-state index contributed by atoms with van der Waals surface area (Å²) in [7, 11) is 0. The first kappa shape index (κ1) is 27.1. The van der Waals surface area contributed by atoms with Crippen LogP contribution in [0.25, 0.3) is 0 Å². The van der Waals surface area contributed by atoms with Gasteiger partial charge in [0.2, 0.25) is 0 Å². The third-order valence-electron chi connectivity index (χ3n) is 7.34. The Bertz CT molecular complexity index is 559. The van der Waals surface area contributed by atoms with Crippen LogP contribution in [0, 0.1) is 5.41 Å². The lowest BCUT2D eigenvalue weighted by Crippen LogP contribution is -2.34. The number of carboxylic acids is 1. The van der Waals surface area contributed by atoms with Crippen molar-refractivity contribution in [2.24, 2.45) is 5.41 Å². The average Bonchev–Trinajstić information content (AvgIpc) is 3.69. The molecule has 2 saturated heterocycles. The van der Waals surface area contributed by atoms with Crippen molar-refractivity contribution in [3.05, 3.63) is 0 Å². The van der Waals surface area contributed by atoms with Crippen molar-refractivity contribution < 1.29 is 28.9 Å². The monoisotopic (exact) mass is 454 g/mol. The van der Waals surface area contributed by atoms with Crippen molar-refractivity contribution in [1.29, 1.82) is 0 Å². The molecule has 2 rings (SSSR count). The lowest BCUT2D eigenvalue weighted by Gasteiger charge is -2.27. The van der Waals surface area contributed by atoms with Gasteiger partial charge in [0.05, 0.1) is 42.9 Å². The normalized spacial score (nSPS) is 24.3. The molecule has 186 valence electrons. The predicted molar refractivity (Wildman–Crippen MR) is 125 cm³/mol. The lowest BCUT2D eigenvalue weighted by atomic mass is 9.79. The van der Waals surface area contributed by atoms with Gasteiger partial charge in [-0.15, -0.1) is 0 Å². The second-order valence-corrected chi connectivity index (χ2v) is 9.75. The Morgan fingerprint density at radius 3 is 1.75 bits per heavy atom. The van der Waals surface area contributed by atoms with Gasteiger partial charge in [-0.25, -0.2) is 0 Å². The fourth-order valence-corrected chi connectivity index (χ4v) is 4.76. The second-order valence-electron chi connectivity index (χ2n) is 9.75. The molecule has 0 radical (unpaired) electrons. The molecule has 6 nitrogen and oxygen atoms in total. The summed E-state index contributed by atoms with van der Waals surface area (Å²) in [6.45, 7) is 6.31. The molecule has 0 bridgehead atoms. The summed E-state index contributed by atoms with van der Waals surface area (Å²) < 4.78 is 17.0. The number of rotatable bonds is 20. The molecule has 4 unspecified atom stereocenters. The van der Waals surface area contributed by atoms with E-state index in [4.69, 9.17) is 19.3 Å². The minimum atomic E-state index is -0.950. The summed E-state index contributed by atoms with van der Waals surface area (Å²) in [6, 6.07) is 0. The third kappa shape index (κ3) is 9.38. The summed E-state index contributed by atoms with van der Waals surface area (Å²) in [5.41, 5.74) is -0.893. The maximum atomic E-state index is 12.4. The van der Waals surface area contributed by atoms with Gasteiger partial charge in [-0.2, -0.15) is 0 Å². The van der Waals surface area contributed by atoms with Crippen LogP contribution in [-0.4, -0.2) is 48.1 Å². The molecular formula is C26H46O6. The average molecular weight is 455 g/mol. The van der Waals surface area contributed by atoms with E-state index in [9.17, 15) is 9.59 Å². The fraction of sp³-hybridized carbons (Fsp3) is 0.923. The van der Waals surface area contributed by atoms with E-state index in [0.29, 0.717) is 43.9 Å². The second kappa shape index (κ2) is 14.2. The fourth-order valence-electron chi connectivity index (χ4n) is 4.76. The van der Waals surface area contributed by atoms with Crippen molar-refractivity contribution in [3.63, 3.8) is 0 Å². The van der Waals surface area contributed by atoms with Crippen LogP contribution in [0.15, 0.2) is 0 Å². The number of carbonyl (C=O) groups is 2. The van der Waals surface area contributed by atoms with Crippen LogP contribution in [0.2, 0.25) is 0 Å². The first-order chi connectivity index (χ1) is 15.5. The highest BCUT2D eigenvalue weighted by Crippen LogP contribution is 2.36. The highest BCUT2D eigenvalue weighted by Gasteiger charge is 2.41. The van der Waals surface area contributed by atoms with Crippen molar-refractivity contribution in [2.45, 2.75) is 141 Å². The lowest BCUT2D eigenvalue weighted by molar-refractivity contribution is -0.162. The molecule has 0 aromatic rings. The first-order valence-corrected chi connectivity index (χ1v) is 13.2. The van der Waals surface area contributed by atoms with E-state index in [1.54, 1.807) is 0 Å². The summed E-state index contributed by atoms with van der Waals surface area (Å²) >= 11 is 0. The number of hydrogen-bond donors (Lipinski definition) is 1. The van der Waals surface area contributed by atoms with Crippen molar-refractivity contribution in [3.8, 4) is 0 Å². The van der Waals surface area contributed by atoms with Crippen LogP contribution in [0.4, 0.5) is 0 Å². The zero-order valence-electron chi connectivity index (χ0n) is 20.6. The Balaban J connectivity index is 1.44. The maximum absolute atomic E-state index is 12.4. The number of hydrogen-bond acceptors (Lipinski definition) is 5. The highest BCUT2D eigenvalue weighted by atomic mass is 16.6. The van der Waals surface area contributed by atoms with Crippen LogP contribution in [0.3, 0.4) is 0 Å². The summed E-state index contributed by atoms with van der Waals surface area (Å²) in [5, 5.41) is 9.10. The quantitative estimate of drug-likeness (QED) is 0.137.